The van der Waals surface area contributed by atoms with E-state index in [9.17, 15) is 4.79 Å². The van der Waals surface area contributed by atoms with Crippen molar-refractivity contribution in [1.82, 2.24) is 25.0 Å². The molecule has 4 rings (SSSR count). The van der Waals surface area contributed by atoms with E-state index in [1.807, 2.05) is 28.8 Å². The van der Waals surface area contributed by atoms with Crippen LogP contribution < -0.4 is 10.2 Å². The molecule has 0 bridgehead atoms. The normalized spacial score (nSPS) is 20.7. The molecule has 2 aliphatic rings. The summed E-state index contributed by atoms with van der Waals surface area (Å²) in [4.78, 5) is 22.3. The molecule has 0 aliphatic carbocycles. The van der Waals surface area contributed by atoms with Crippen molar-refractivity contribution in [3.63, 3.8) is 0 Å². The number of hydrogen-bond acceptors (Lipinski definition) is 6. The van der Waals surface area contributed by atoms with E-state index in [1.54, 1.807) is 17.5 Å². The lowest BCUT2D eigenvalue weighted by Crippen LogP contribution is -2.59. The van der Waals surface area contributed by atoms with Crippen molar-refractivity contribution in [3.05, 3.63) is 29.5 Å². The minimum absolute atomic E-state index is 0.215. The largest absolute Gasteiger partial charge is 0.345 e. The van der Waals surface area contributed by atoms with E-state index in [2.05, 4.69) is 25.7 Å². The fourth-order valence-electron chi connectivity index (χ4n) is 3.79. The number of aryl methyl sites for hydroxylation is 1. The van der Waals surface area contributed by atoms with Gasteiger partial charge in [-0.25, -0.2) is 4.98 Å². The number of piperidine rings is 1. The summed E-state index contributed by atoms with van der Waals surface area (Å²) in [6.45, 7) is 6.89. The first-order chi connectivity index (χ1) is 12.2. The lowest BCUT2D eigenvalue weighted by Gasteiger charge is -2.43. The van der Waals surface area contributed by atoms with E-state index < -0.39 is 5.54 Å². The Balaban J connectivity index is 1.48. The summed E-state index contributed by atoms with van der Waals surface area (Å²) in [5.74, 6) is 0.215. The van der Waals surface area contributed by atoms with Crippen molar-refractivity contribution in [3.8, 4) is 0 Å². The Kier molecular flexibility index (Phi) is 4.47. The fraction of sp³-hybridized carbons (Fsp3) is 0.588. The first-order valence-electron chi connectivity index (χ1n) is 8.86. The number of hydrogen-bond donors (Lipinski definition) is 1. The lowest BCUT2D eigenvalue weighted by atomic mass is 9.86. The highest BCUT2D eigenvalue weighted by Crippen LogP contribution is 2.30. The quantitative estimate of drug-likeness (QED) is 0.887. The summed E-state index contributed by atoms with van der Waals surface area (Å²) in [6, 6.07) is 1.90. The summed E-state index contributed by atoms with van der Waals surface area (Å²) in [6.07, 6.45) is 5.27. The van der Waals surface area contributed by atoms with Crippen molar-refractivity contribution in [1.29, 1.82) is 0 Å². The van der Waals surface area contributed by atoms with E-state index in [4.69, 9.17) is 0 Å². The van der Waals surface area contributed by atoms with Crippen LogP contribution in [0.4, 0.5) is 5.13 Å². The van der Waals surface area contributed by atoms with Gasteiger partial charge in [0.15, 0.2) is 5.13 Å². The van der Waals surface area contributed by atoms with Crippen LogP contribution in [0.2, 0.25) is 0 Å². The molecule has 2 fully saturated rings. The molecule has 0 atom stereocenters. The average molecular weight is 360 g/mol. The lowest BCUT2D eigenvalue weighted by molar-refractivity contribution is -0.143. The van der Waals surface area contributed by atoms with Crippen molar-refractivity contribution in [2.24, 2.45) is 0 Å². The van der Waals surface area contributed by atoms with Crippen molar-refractivity contribution < 1.29 is 4.79 Å². The Morgan fingerprint density at radius 2 is 2.00 bits per heavy atom. The Morgan fingerprint density at radius 3 is 2.60 bits per heavy atom. The molecule has 1 N–H and O–H groups in total. The molecule has 2 aromatic rings. The van der Waals surface area contributed by atoms with Crippen LogP contribution in [-0.4, -0.2) is 64.8 Å². The molecular weight excluding hydrogens is 336 g/mol. The van der Waals surface area contributed by atoms with E-state index >= 15 is 0 Å². The smallest absolute Gasteiger partial charge is 0.250 e. The molecule has 0 aromatic carbocycles. The van der Waals surface area contributed by atoms with Crippen molar-refractivity contribution in [2.45, 2.75) is 25.3 Å². The number of carbonyl (C=O) groups excluding carboxylic acids is 1. The van der Waals surface area contributed by atoms with Crippen LogP contribution in [0, 0.1) is 6.92 Å². The Bertz CT molecular complexity index is 713. The van der Waals surface area contributed by atoms with Crippen LogP contribution in [0.5, 0.6) is 0 Å². The summed E-state index contributed by atoms with van der Waals surface area (Å²) >= 11 is 1.68. The monoisotopic (exact) mass is 360 g/mol. The maximum Gasteiger partial charge on any atom is 0.250 e. The van der Waals surface area contributed by atoms with E-state index in [1.165, 1.54) is 0 Å². The number of piperazine rings is 1. The van der Waals surface area contributed by atoms with Gasteiger partial charge in [-0.05, 0) is 38.9 Å². The van der Waals surface area contributed by atoms with Crippen molar-refractivity contribution in [2.75, 3.05) is 44.2 Å². The van der Waals surface area contributed by atoms with E-state index in [-0.39, 0.29) is 5.91 Å². The zero-order valence-electron chi connectivity index (χ0n) is 14.5. The molecule has 8 heteroatoms. The third-order valence-corrected chi connectivity index (χ3v) is 6.24. The maximum absolute atomic E-state index is 13.4. The van der Waals surface area contributed by atoms with Crippen LogP contribution in [0.3, 0.4) is 0 Å². The van der Waals surface area contributed by atoms with E-state index in [0.717, 1.165) is 62.9 Å². The predicted molar refractivity (Wildman–Crippen MR) is 97.9 cm³/mol. The van der Waals surface area contributed by atoms with Gasteiger partial charge in [0.2, 0.25) is 0 Å². The second-order valence-electron chi connectivity index (χ2n) is 6.78. The summed E-state index contributed by atoms with van der Waals surface area (Å²) in [7, 11) is 0. The second kappa shape index (κ2) is 6.76. The molecule has 0 spiro atoms. The van der Waals surface area contributed by atoms with Gasteiger partial charge in [-0.3, -0.25) is 9.48 Å². The minimum atomic E-state index is -0.533. The number of rotatable bonds is 3. The topological polar surface area (TPSA) is 66.3 Å². The molecular formula is C17H24N6OS. The SMILES string of the molecule is Cc1csc(N2CCN(C(=O)C3(n4cccn4)CCNCC3)CC2)n1. The van der Waals surface area contributed by atoms with Gasteiger partial charge in [0, 0.05) is 44.0 Å². The molecule has 25 heavy (non-hydrogen) atoms. The highest BCUT2D eigenvalue weighted by molar-refractivity contribution is 7.13. The standard InChI is InChI=1S/C17H24N6OS/c1-14-13-25-16(20-14)22-11-9-21(10-12-22)15(24)17(3-6-18-7-4-17)23-8-2-5-19-23/h2,5,8,13,18H,3-4,6-7,9-12H2,1H3. The molecule has 2 saturated heterocycles. The number of thiazole rings is 1. The third kappa shape index (κ3) is 3.04. The number of anilines is 1. The maximum atomic E-state index is 13.4. The zero-order valence-corrected chi connectivity index (χ0v) is 15.3. The van der Waals surface area contributed by atoms with Gasteiger partial charge in [0.1, 0.15) is 5.54 Å². The summed E-state index contributed by atoms with van der Waals surface area (Å²) in [5, 5.41) is 10.9. The zero-order chi connectivity index (χ0) is 17.3. The first-order valence-corrected chi connectivity index (χ1v) is 9.74. The van der Waals surface area contributed by atoms with Crippen LogP contribution in [0.25, 0.3) is 0 Å². The van der Waals surface area contributed by atoms with Gasteiger partial charge >= 0.3 is 0 Å². The van der Waals surface area contributed by atoms with Gasteiger partial charge in [-0.15, -0.1) is 11.3 Å². The molecule has 0 unspecified atom stereocenters. The summed E-state index contributed by atoms with van der Waals surface area (Å²) < 4.78 is 1.88. The number of aromatic nitrogens is 3. The molecule has 2 aromatic heterocycles. The second-order valence-corrected chi connectivity index (χ2v) is 7.62. The van der Waals surface area contributed by atoms with Gasteiger partial charge in [0.25, 0.3) is 5.91 Å². The van der Waals surface area contributed by atoms with Crippen LogP contribution in [0.15, 0.2) is 23.8 Å². The fourth-order valence-corrected chi connectivity index (χ4v) is 4.64. The van der Waals surface area contributed by atoms with Gasteiger partial charge in [0.05, 0.1) is 5.69 Å². The highest BCUT2D eigenvalue weighted by Gasteiger charge is 2.45. The highest BCUT2D eigenvalue weighted by atomic mass is 32.1. The third-order valence-electron chi connectivity index (χ3n) is 5.22. The Hall–Kier alpha value is -1.93. The molecule has 2 aliphatic heterocycles. The van der Waals surface area contributed by atoms with Gasteiger partial charge in [-0.1, -0.05) is 0 Å². The number of carbonyl (C=O) groups is 1. The van der Waals surface area contributed by atoms with Gasteiger partial charge in [-0.2, -0.15) is 5.10 Å². The first kappa shape index (κ1) is 16.5. The van der Waals surface area contributed by atoms with Crippen LogP contribution in [0.1, 0.15) is 18.5 Å². The molecule has 1 amide bonds. The molecule has 0 radical (unpaired) electrons. The minimum Gasteiger partial charge on any atom is -0.345 e. The number of nitrogens with one attached hydrogen (secondary N) is 1. The van der Waals surface area contributed by atoms with Crippen LogP contribution >= 0.6 is 11.3 Å². The van der Waals surface area contributed by atoms with Gasteiger partial charge < -0.3 is 15.1 Å². The average Bonchev–Trinajstić information content (AvgIpc) is 3.34. The van der Waals surface area contributed by atoms with Crippen molar-refractivity contribution >= 4 is 22.4 Å². The Labute approximate surface area is 151 Å². The van der Waals surface area contributed by atoms with E-state index in [0.29, 0.717) is 0 Å². The molecule has 4 heterocycles. The molecule has 0 saturated carbocycles. The molecule has 7 nitrogen and oxygen atoms in total. The molecule has 134 valence electrons. The summed E-state index contributed by atoms with van der Waals surface area (Å²) in [5.41, 5.74) is 0.528. The Morgan fingerprint density at radius 1 is 1.24 bits per heavy atom. The van der Waals surface area contributed by atoms with Crippen LogP contribution in [-0.2, 0) is 10.3 Å². The number of amides is 1. The predicted octanol–water partition coefficient (Wildman–Crippen LogP) is 1.08. The number of nitrogens with zero attached hydrogens (tertiary/aromatic N) is 5.